The van der Waals surface area contributed by atoms with Crippen LogP contribution in [-0.2, 0) is 0 Å². The molecule has 3 fully saturated rings. The summed E-state index contributed by atoms with van der Waals surface area (Å²) in [5.74, 6) is 3.85. The molecular formula is C17H26O2. The second-order valence-electron chi connectivity index (χ2n) is 7.43. The fourth-order valence-corrected chi connectivity index (χ4v) is 5.87. The van der Waals surface area contributed by atoms with Crippen LogP contribution in [0.2, 0.25) is 0 Å². The molecule has 0 heterocycles. The highest BCUT2D eigenvalue weighted by atomic mass is 16.3. The fourth-order valence-electron chi connectivity index (χ4n) is 5.87. The molecule has 0 aromatic carbocycles. The minimum absolute atomic E-state index is 0.00972. The Labute approximate surface area is 115 Å². The SMILES string of the molecule is OC1CCC2C(=CCC3C2CCC2C(O)CCC23)C1. The third-order valence-electron chi connectivity index (χ3n) is 6.70. The number of allylic oxidation sites excluding steroid dienone is 1. The van der Waals surface area contributed by atoms with Gasteiger partial charge in [-0.3, -0.25) is 0 Å². The maximum absolute atomic E-state index is 10.1. The van der Waals surface area contributed by atoms with Crippen LogP contribution in [0.4, 0.5) is 0 Å². The van der Waals surface area contributed by atoms with E-state index < -0.39 is 0 Å². The van der Waals surface area contributed by atoms with Gasteiger partial charge >= 0.3 is 0 Å². The minimum Gasteiger partial charge on any atom is -0.393 e. The zero-order chi connectivity index (χ0) is 13.0. The molecule has 7 atom stereocenters. The van der Waals surface area contributed by atoms with E-state index in [-0.39, 0.29) is 12.2 Å². The molecule has 19 heavy (non-hydrogen) atoms. The topological polar surface area (TPSA) is 40.5 Å². The van der Waals surface area contributed by atoms with Crippen molar-refractivity contribution >= 4 is 0 Å². The molecule has 4 rings (SSSR count). The molecule has 0 radical (unpaired) electrons. The van der Waals surface area contributed by atoms with Gasteiger partial charge in [-0.1, -0.05) is 11.6 Å². The molecule has 4 aliphatic rings. The summed E-state index contributed by atoms with van der Waals surface area (Å²) in [7, 11) is 0. The standard InChI is InChI=1S/C17H26O2/c18-11-2-4-12-10(9-11)1-3-14-13(12)5-6-16-15(14)7-8-17(16)19/h1,11-19H,2-9H2. The van der Waals surface area contributed by atoms with E-state index in [1.165, 1.54) is 32.1 Å². The Kier molecular flexibility index (Phi) is 3.00. The third kappa shape index (κ3) is 1.91. The van der Waals surface area contributed by atoms with Gasteiger partial charge in [0.25, 0.3) is 0 Å². The van der Waals surface area contributed by atoms with Crippen molar-refractivity contribution in [3.8, 4) is 0 Å². The molecule has 4 aliphatic carbocycles. The Hall–Kier alpha value is -0.340. The van der Waals surface area contributed by atoms with Crippen LogP contribution < -0.4 is 0 Å². The quantitative estimate of drug-likeness (QED) is 0.659. The summed E-state index contributed by atoms with van der Waals surface area (Å²) in [5.41, 5.74) is 1.57. The van der Waals surface area contributed by atoms with Gasteiger partial charge < -0.3 is 10.2 Å². The average Bonchev–Trinajstić information content (AvgIpc) is 2.80. The number of rotatable bonds is 0. The highest BCUT2D eigenvalue weighted by Crippen LogP contribution is 2.56. The number of fused-ring (bicyclic) bond motifs is 5. The predicted octanol–water partition coefficient (Wildman–Crippen LogP) is 2.89. The minimum atomic E-state index is -0.0799. The van der Waals surface area contributed by atoms with Crippen molar-refractivity contribution < 1.29 is 10.2 Å². The van der Waals surface area contributed by atoms with Crippen LogP contribution in [0.1, 0.15) is 51.4 Å². The van der Waals surface area contributed by atoms with E-state index in [9.17, 15) is 10.2 Å². The lowest BCUT2D eigenvalue weighted by atomic mass is 9.57. The van der Waals surface area contributed by atoms with Gasteiger partial charge in [-0.05, 0) is 81.0 Å². The second-order valence-corrected chi connectivity index (χ2v) is 7.43. The zero-order valence-electron chi connectivity index (χ0n) is 11.7. The van der Waals surface area contributed by atoms with E-state index in [0.29, 0.717) is 5.92 Å². The molecule has 2 N–H and O–H groups in total. The van der Waals surface area contributed by atoms with Crippen LogP contribution in [0.3, 0.4) is 0 Å². The highest BCUT2D eigenvalue weighted by Gasteiger charge is 2.49. The molecule has 2 nitrogen and oxygen atoms in total. The molecular weight excluding hydrogens is 236 g/mol. The lowest BCUT2D eigenvalue weighted by Crippen LogP contribution is -2.42. The Morgan fingerprint density at radius 3 is 2.47 bits per heavy atom. The predicted molar refractivity (Wildman–Crippen MR) is 74.5 cm³/mol. The second kappa shape index (κ2) is 4.60. The average molecular weight is 262 g/mol. The first-order valence-corrected chi connectivity index (χ1v) is 8.29. The monoisotopic (exact) mass is 262 g/mol. The summed E-state index contributed by atoms with van der Waals surface area (Å²) in [5, 5.41) is 20.0. The van der Waals surface area contributed by atoms with Crippen molar-refractivity contribution in [2.45, 2.75) is 63.6 Å². The first-order valence-electron chi connectivity index (χ1n) is 8.29. The summed E-state index contributed by atoms with van der Waals surface area (Å²) < 4.78 is 0. The Morgan fingerprint density at radius 1 is 0.789 bits per heavy atom. The Balaban J connectivity index is 1.59. The molecule has 106 valence electrons. The number of aliphatic hydroxyl groups excluding tert-OH is 2. The summed E-state index contributed by atoms with van der Waals surface area (Å²) in [6.45, 7) is 0. The lowest BCUT2D eigenvalue weighted by molar-refractivity contribution is 0.0120. The van der Waals surface area contributed by atoms with E-state index in [1.807, 2.05) is 0 Å². The van der Waals surface area contributed by atoms with Gasteiger partial charge in [0.05, 0.1) is 12.2 Å². The van der Waals surface area contributed by atoms with Crippen LogP contribution >= 0.6 is 0 Å². The van der Waals surface area contributed by atoms with Crippen LogP contribution in [0.25, 0.3) is 0 Å². The van der Waals surface area contributed by atoms with Crippen LogP contribution in [0.15, 0.2) is 11.6 Å². The number of hydrogen-bond donors (Lipinski definition) is 2. The third-order valence-corrected chi connectivity index (χ3v) is 6.70. The molecule has 0 aliphatic heterocycles. The molecule has 0 spiro atoms. The molecule has 0 aromatic rings. The zero-order valence-corrected chi connectivity index (χ0v) is 11.7. The van der Waals surface area contributed by atoms with Crippen molar-refractivity contribution in [1.29, 1.82) is 0 Å². The van der Waals surface area contributed by atoms with E-state index in [4.69, 9.17) is 0 Å². The summed E-state index contributed by atoms with van der Waals surface area (Å²) >= 11 is 0. The summed E-state index contributed by atoms with van der Waals surface area (Å²) in [4.78, 5) is 0. The molecule has 0 saturated heterocycles. The van der Waals surface area contributed by atoms with E-state index in [2.05, 4.69) is 6.08 Å². The maximum atomic E-state index is 10.1. The normalized spacial score (nSPS) is 52.9. The van der Waals surface area contributed by atoms with Gasteiger partial charge in [0, 0.05) is 0 Å². The number of hydrogen-bond acceptors (Lipinski definition) is 2. The van der Waals surface area contributed by atoms with Crippen LogP contribution in [-0.4, -0.2) is 22.4 Å². The Morgan fingerprint density at radius 2 is 1.58 bits per heavy atom. The largest absolute Gasteiger partial charge is 0.393 e. The van der Waals surface area contributed by atoms with Crippen molar-refractivity contribution in [3.63, 3.8) is 0 Å². The molecule has 2 heteroatoms. The van der Waals surface area contributed by atoms with Crippen LogP contribution in [0, 0.1) is 29.6 Å². The van der Waals surface area contributed by atoms with Crippen LogP contribution in [0.5, 0.6) is 0 Å². The molecule has 7 unspecified atom stereocenters. The van der Waals surface area contributed by atoms with Crippen molar-refractivity contribution in [2.24, 2.45) is 29.6 Å². The summed E-state index contributed by atoms with van der Waals surface area (Å²) in [6.07, 6.45) is 11.6. The van der Waals surface area contributed by atoms with Crippen molar-refractivity contribution in [3.05, 3.63) is 11.6 Å². The fraction of sp³-hybridized carbons (Fsp3) is 0.882. The molecule has 0 aromatic heterocycles. The Bertz CT molecular complexity index is 389. The first-order chi connectivity index (χ1) is 9.24. The van der Waals surface area contributed by atoms with E-state index in [1.54, 1.807) is 5.57 Å². The smallest absolute Gasteiger partial charge is 0.0577 e. The molecule has 0 bridgehead atoms. The van der Waals surface area contributed by atoms with Crippen molar-refractivity contribution in [2.75, 3.05) is 0 Å². The lowest BCUT2D eigenvalue weighted by Gasteiger charge is -2.49. The molecule has 0 amide bonds. The maximum Gasteiger partial charge on any atom is 0.0577 e. The van der Waals surface area contributed by atoms with Crippen molar-refractivity contribution in [1.82, 2.24) is 0 Å². The summed E-state index contributed by atoms with van der Waals surface area (Å²) in [6, 6.07) is 0. The number of aliphatic hydroxyl groups is 2. The molecule has 3 saturated carbocycles. The van der Waals surface area contributed by atoms with Gasteiger partial charge in [-0.15, -0.1) is 0 Å². The highest BCUT2D eigenvalue weighted by molar-refractivity contribution is 5.19. The van der Waals surface area contributed by atoms with Gasteiger partial charge in [0.1, 0.15) is 0 Å². The van der Waals surface area contributed by atoms with Gasteiger partial charge in [0.2, 0.25) is 0 Å². The van der Waals surface area contributed by atoms with E-state index >= 15 is 0 Å². The van der Waals surface area contributed by atoms with Gasteiger partial charge in [-0.2, -0.15) is 0 Å². The van der Waals surface area contributed by atoms with E-state index in [0.717, 1.165) is 42.9 Å². The van der Waals surface area contributed by atoms with Gasteiger partial charge in [0.15, 0.2) is 0 Å². The first kappa shape index (κ1) is 12.4. The van der Waals surface area contributed by atoms with Gasteiger partial charge in [-0.25, -0.2) is 0 Å².